The van der Waals surface area contributed by atoms with Crippen LogP contribution in [0.4, 0.5) is 0 Å². The average Bonchev–Trinajstić information content (AvgIpc) is 3.20. The highest BCUT2D eigenvalue weighted by molar-refractivity contribution is 6.00. The molecule has 3 heterocycles. The summed E-state index contributed by atoms with van der Waals surface area (Å²) in [7, 11) is 0. The number of carbonyl (C=O) groups excluding carboxylic acids is 3. The second kappa shape index (κ2) is 6.37. The second-order valence-corrected chi connectivity index (χ2v) is 6.48. The minimum Gasteiger partial charge on any atom is -0.477 e. The smallest absolute Gasteiger partial charge is 0.363 e. The minimum atomic E-state index is -1.21. The van der Waals surface area contributed by atoms with Gasteiger partial charge in [-0.25, -0.2) is 19.4 Å². The summed E-state index contributed by atoms with van der Waals surface area (Å²) < 4.78 is -0.838. The molecule has 2 aliphatic rings. The number of carboxylic acids is 1. The summed E-state index contributed by atoms with van der Waals surface area (Å²) >= 11 is 0. The first kappa shape index (κ1) is 17.2. The van der Waals surface area contributed by atoms with Crippen LogP contribution in [0.2, 0.25) is 0 Å². The molecule has 1 unspecified atom stereocenters. The minimum absolute atomic E-state index is 0.0335. The number of aromatic amines is 1. The van der Waals surface area contributed by atoms with Crippen molar-refractivity contribution < 1.29 is 28.8 Å². The van der Waals surface area contributed by atoms with Crippen molar-refractivity contribution in [1.82, 2.24) is 15.3 Å². The van der Waals surface area contributed by atoms with E-state index in [4.69, 9.17) is 5.73 Å². The van der Waals surface area contributed by atoms with Gasteiger partial charge in [0.1, 0.15) is 6.04 Å². The molecule has 5 N–H and O–H groups in total. The number of hydrogen-bond acceptors (Lipinski definition) is 6. The lowest BCUT2D eigenvalue weighted by atomic mass is 9.99. The van der Waals surface area contributed by atoms with E-state index in [2.05, 4.69) is 15.3 Å². The SMILES string of the molecule is N[C@@H](Cc1cnc[nH]1)C(=O)[N+]1(C(=O)[C@@H]2CC(=O)N2)CCC[C@H]1C(=O)O. The predicted molar refractivity (Wildman–Crippen MR) is 82.6 cm³/mol. The molecule has 10 heteroatoms. The number of imide groups is 1. The van der Waals surface area contributed by atoms with Crippen LogP contribution in [0, 0.1) is 0 Å². The van der Waals surface area contributed by atoms with Crippen LogP contribution >= 0.6 is 0 Å². The topological polar surface area (TPSA) is 155 Å². The first-order valence-corrected chi connectivity index (χ1v) is 8.08. The number of imidazole rings is 1. The van der Waals surface area contributed by atoms with Gasteiger partial charge in [0.25, 0.3) is 0 Å². The Bertz CT molecular complexity index is 710. The number of H-pyrrole nitrogens is 1. The Hall–Kier alpha value is -2.59. The molecular weight excluding hydrogens is 330 g/mol. The molecule has 0 aliphatic carbocycles. The number of aromatic nitrogens is 2. The molecule has 2 aliphatic heterocycles. The Balaban J connectivity index is 1.90. The van der Waals surface area contributed by atoms with Crippen molar-refractivity contribution in [3.8, 4) is 0 Å². The zero-order valence-electron chi connectivity index (χ0n) is 13.5. The van der Waals surface area contributed by atoms with E-state index in [1.807, 2.05) is 0 Å². The number of nitrogens with two attached hydrogens (primary N) is 1. The van der Waals surface area contributed by atoms with Crippen LogP contribution in [-0.4, -0.2) is 67.9 Å². The van der Waals surface area contributed by atoms with Crippen molar-refractivity contribution in [3.05, 3.63) is 18.2 Å². The van der Waals surface area contributed by atoms with E-state index < -0.39 is 40.4 Å². The number of nitrogens with zero attached hydrogens (tertiary/aromatic N) is 2. The lowest BCUT2D eigenvalue weighted by Crippen LogP contribution is -2.72. The molecule has 0 spiro atoms. The first-order chi connectivity index (χ1) is 11.9. The van der Waals surface area contributed by atoms with Crippen LogP contribution in [0.3, 0.4) is 0 Å². The molecule has 4 atom stereocenters. The average molecular weight is 350 g/mol. The number of rotatable bonds is 5. The van der Waals surface area contributed by atoms with E-state index in [9.17, 15) is 24.3 Å². The molecule has 3 amide bonds. The highest BCUT2D eigenvalue weighted by Gasteiger charge is 2.61. The molecule has 10 nitrogen and oxygen atoms in total. The molecule has 0 bridgehead atoms. The van der Waals surface area contributed by atoms with Gasteiger partial charge in [-0.1, -0.05) is 0 Å². The van der Waals surface area contributed by atoms with Gasteiger partial charge in [0.05, 0.1) is 19.3 Å². The van der Waals surface area contributed by atoms with Crippen molar-refractivity contribution in [2.75, 3.05) is 6.54 Å². The number of carboxylic acid groups (broad SMARTS) is 1. The van der Waals surface area contributed by atoms with Crippen LogP contribution in [0.5, 0.6) is 0 Å². The standard InChI is InChI=1S/C15H19N5O5/c16-9(4-8-6-17-7-18-8)13(22)20(3-1-2-11(20)15(24)25)14(23)10-5-12(21)19-10/h6-7,9-11H,1-5,16H2,(H2-,17,18,19,21,24,25)/p+1/t9-,10-,11-,20?/m0/s1. The van der Waals surface area contributed by atoms with Crippen molar-refractivity contribution in [2.24, 2.45) is 5.73 Å². The van der Waals surface area contributed by atoms with Gasteiger partial charge in [0, 0.05) is 31.2 Å². The number of quaternary nitrogens is 1. The molecule has 134 valence electrons. The van der Waals surface area contributed by atoms with Crippen LogP contribution in [0.25, 0.3) is 0 Å². The Morgan fingerprint density at radius 3 is 2.72 bits per heavy atom. The monoisotopic (exact) mass is 350 g/mol. The predicted octanol–water partition coefficient (Wildman–Crippen LogP) is -1.71. The maximum absolute atomic E-state index is 13.1. The molecule has 25 heavy (non-hydrogen) atoms. The third kappa shape index (κ3) is 2.83. The third-order valence-electron chi connectivity index (χ3n) is 4.93. The van der Waals surface area contributed by atoms with E-state index in [0.29, 0.717) is 12.1 Å². The van der Waals surface area contributed by atoms with E-state index in [1.165, 1.54) is 12.5 Å². The van der Waals surface area contributed by atoms with Gasteiger partial charge in [-0.3, -0.25) is 4.79 Å². The van der Waals surface area contributed by atoms with Crippen LogP contribution in [-0.2, 0) is 25.6 Å². The molecule has 0 radical (unpaired) electrons. The fourth-order valence-corrected chi connectivity index (χ4v) is 3.66. The second-order valence-electron chi connectivity index (χ2n) is 6.48. The Morgan fingerprint density at radius 1 is 1.44 bits per heavy atom. The van der Waals surface area contributed by atoms with Gasteiger partial charge in [-0.2, -0.15) is 4.48 Å². The summed E-state index contributed by atoms with van der Waals surface area (Å²) in [6, 6.07) is -3.07. The van der Waals surface area contributed by atoms with Gasteiger partial charge >= 0.3 is 17.8 Å². The fourth-order valence-electron chi connectivity index (χ4n) is 3.66. The van der Waals surface area contributed by atoms with Crippen LogP contribution < -0.4 is 11.1 Å². The molecule has 1 aromatic rings. The van der Waals surface area contributed by atoms with E-state index in [0.717, 1.165) is 0 Å². The van der Waals surface area contributed by atoms with Crippen LogP contribution in [0.1, 0.15) is 25.0 Å². The number of likely N-dealkylation sites (tertiary alicyclic amines) is 1. The number of aliphatic carboxylic acids is 1. The highest BCUT2D eigenvalue weighted by Crippen LogP contribution is 2.32. The number of β-lactam (4-membered cyclic amide) rings is 1. The van der Waals surface area contributed by atoms with E-state index in [-0.39, 0.29) is 31.7 Å². The van der Waals surface area contributed by atoms with Crippen LogP contribution in [0.15, 0.2) is 12.5 Å². The largest absolute Gasteiger partial charge is 0.477 e. The molecule has 0 saturated carbocycles. The molecule has 2 fully saturated rings. The van der Waals surface area contributed by atoms with Gasteiger partial charge < -0.3 is 21.1 Å². The molecule has 3 rings (SSSR count). The fraction of sp³-hybridized carbons (Fsp3) is 0.533. The van der Waals surface area contributed by atoms with Gasteiger partial charge in [0.2, 0.25) is 11.9 Å². The molecular formula is C15H20N5O5+. The van der Waals surface area contributed by atoms with Gasteiger partial charge in [-0.05, 0) is 0 Å². The molecule has 0 aromatic carbocycles. The number of hydrogen-bond donors (Lipinski definition) is 4. The zero-order chi connectivity index (χ0) is 18.2. The number of nitrogens with one attached hydrogen (secondary N) is 2. The van der Waals surface area contributed by atoms with Crippen molar-refractivity contribution in [1.29, 1.82) is 0 Å². The number of amides is 3. The third-order valence-corrected chi connectivity index (χ3v) is 4.93. The normalized spacial score (nSPS) is 29.6. The number of carbonyl (C=O) groups is 4. The maximum atomic E-state index is 13.1. The highest BCUT2D eigenvalue weighted by atomic mass is 16.4. The van der Waals surface area contributed by atoms with Gasteiger partial charge in [-0.15, -0.1) is 0 Å². The first-order valence-electron chi connectivity index (χ1n) is 8.08. The van der Waals surface area contributed by atoms with E-state index >= 15 is 0 Å². The summed E-state index contributed by atoms with van der Waals surface area (Å²) in [6.07, 6.45) is 3.69. The molecule has 2 saturated heterocycles. The molecule has 1 aromatic heterocycles. The lowest BCUT2D eigenvalue weighted by molar-refractivity contribution is -0.784. The Morgan fingerprint density at radius 2 is 2.16 bits per heavy atom. The quantitative estimate of drug-likeness (QED) is 0.364. The zero-order valence-corrected chi connectivity index (χ0v) is 13.5. The summed E-state index contributed by atoms with van der Waals surface area (Å²) in [4.78, 5) is 55.6. The summed E-state index contributed by atoms with van der Waals surface area (Å²) in [6.45, 7) is 0.0810. The lowest BCUT2D eigenvalue weighted by Gasteiger charge is -2.38. The maximum Gasteiger partial charge on any atom is 0.363 e. The summed E-state index contributed by atoms with van der Waals surface area (Å²) in [5.74, 6) is -2.73. The van der Waals surface area contributed by atoms with Crippen molar-refractivity contribution >= 4 is 23.7 Å². The summed E-state index contributed by atoms with van der Waals surface area (Å²) in [5.41, 5.74) is 6.63. The Kier molecular flexibility index (Phi) is 4.39. The van der Waals surface area contributed by atoms with Crippen molar-refractivity contribution in [3.63, 3.8) is 0 Å². The van der Waals surface area contributed by atoms with E-state index in [1.54, 1.807) is 0 Å². The Labute approximate surface area is 143 Å². The summed E-state index contributed by atoms with van der Waals surface area (Å²) in [5, 5.41) is 12.0. The van der Waals surface area contributed by atoms with Gasteiger partial charge in [0.15, 0.2) is 6.04 Å². The van der Waals surface area contributed by atoms with Crippen molar-refractivity contribution in [2.45, 2.75) is 43.8 Å².